The van der Waals surface area contributed by atoms with Crippen LogP contribution in [0, 0.1) is 0 Å². The Balaban J connectivity index is 4.05. The van der Waals surface area contributed by atoms with Crippen LogP contribution in [0.5, 0.6) is 0 Å². The van der Waals surface area contributed by atoms with Gasteiger partial charge in [0.2, 0.25) is 0 Å². The van der Waals surface area contributed by atoms with Gasteiger partial charge in [-0.15, -0.1) is 0 Å². The molecule has 0 amide bonds. The molecule has 3 atom stereocenters. The number of phosphoric acid groups is 1. The zero-order chi connectivity index (χ0) is 41.2. The zero-order valence-electron chi connectivity index (χ0n) is 36.4. The van der Waals surface area contributed by atoms with Crippen molar-refractivity contribution in [1.29, 1.82) is 0 Å². The number of phosphoric ester groups is 1. The standard InChI is InChI=1S/C45H89O10P/c1-3-5-7-9-11-13-15-16-17-18-19-20-21-22-23-24-25-26-27-29-30-32-34-36-44(48)52-40-43(41-54-56(50,51)53-39-42(47)38-46)55-45(49)37-35-33-31-28-14-12-10-8-6-4-2/h42-43,46-47H,3-41H2,1-2H3,(H,50,51)/t42-,43+/m1/s1. The van der Waals surface area contributed by atoms with Crippen LogP contribution in [0.3, 0.4) is 0 Å². The number of unbranched alkanes of at least 4 members (excludes halogenated alkanes) is 31. The molecule has 0 aromatic rings. The molecule has 1 unspecified atom stereocenters. The van der Waals surface area contributed by atoms with Crippen molar-refractivity contribution < 1.29 is 47.8 Å². The minimum absolute atomic E-state index is 0.191. The van der Waals surface area contributed by atoms with Crippen molar-refractivity contribution in [2.75, 3.05) is 26.4 Å². The maximum absolute atomic E-state index is 12.6. The largest absolute Gasteiger partial charge is 0.472 e. The fraction of sp³-hybridized carbons (Fsp3) is 0.956. The van der Waals surface area contributed by atoms with Crippen molar-refractivity contribution >= 4 is 19.8 Å². The van der Waals surface area contributed by atoms with Gasteiger partial charge >= 0.3 is 19.8 Å². The summed E-state index contributed by atoms with van der Waals surface area (Å²) in [4.78, 5) is 34.9. The summed E-state index contributed by atoms with van der Waals surface area (Å²) in [6.45, 7) is 2.41. The van der Waals surface area contributed by atoms with E-state index in [0.717, 1.165) is 32.1 Å². The van der Waals surface area contributed by atoms with E-state index in [1.54, 1.807) is 0 Å². The normalized spacial score (nSPS) is 13.7. The van der Waals surface area contributed by atoms with E-state index in [1.165, 1.54) is 167 Å². The van der Waals surface area contributed by atoms with E-state index in [1.807, 2.05) is 0 Å². The molecule has 0 spiro atoms. The second-order valence-electron chi connectivity index (χ2n) is 16.2. The molecular weight excluding hydrogens is 731 g/mol. The molecule has 0 saturated carbocycles. The van der Waals surface area contributed by atoms with Gasteiger partial charge in [0.1, 0.15) is 12.7 Å². The number of aliphatic hydroxyl groups is 2. The van der Waals surface area contributed by atoms with Crippen molar-refractivity contribution in [1.82, 2.24) is 0 Å². The van der Waals surface area contributed by atoms with Crippen LogP contribution in [-0.4, -0.2) is 65.7 Å². The molecule has 0 saturated heterocycles. The quantitative estimate of drug-likeness (QED) is 0.0308. The summed E-state index contributed by atoms with van der Waals surface area (Å²) in [6, 6.07) is 0. The molecule has 0 aliphatic carbocycles. The van der Waals surface area contributed by atoms with Crippen LogP contribution >= 0.6 is 7.82 Å². The Morgan fingerprint density at radius 3 is 1.11 bits per heavy atom. The third-order valence-electron chi connectivity index (χ3n) is 10.5. The third kappa shape index (κ3) is 41.1. The highest BCUT2D eigenvalue weighted by Crippen LogP contribution is 2.43. The molecule has 3 N–H and O–H groups in total. The fourth-order valence-electron chi connectivity index (χ4n) is 6.88. The van der Waals surface area contributed by atoms with Gasteiger partial charge in [0.05, 0.1) is 19.8 Å². The van der Waals surface area contributed by atoms with E-state index in [2.05, 4.69) is 18.4 Å². The number of aliphatic hydroxyl groups excluding tert-OH is 2. The van der Waals surface area contributed by atoms with Crippen LogP contribution in [0.15, 0.2) is 0 Å². The summed E-state index contributed by atoms with van der Waals surface area (Å²) in [5.41, 5.74) is 0. The average Bonchev–Trinajstić information content (AvgIpc) is 3.19. The number of carbonyl (C=O) groups excluding carboxylic acids is 2. The van der Waals surface area contributed by atoms with Crippen LogP contribution < -0.4 is 0 Å². The molecule has 0 bridgehead atoms. The lowest BCUT2D eigenvalue weighted by Crippen LogP contribution is -2.29. The van der Waals surface area contributed by atoms with Gasteiger partial charge < -0.3 is 24.6 Å². The van der Waals surface area contributed by atoms with Crippen molar-refractivity contribution in [2.24, 2.45) is 0 Å². The molecule has 56 heavy (non-hydrogen) atoms. The molecule has 0 aliphatic rings. The molecule has 0 aromatic carbocycles. The second kappa shape index (κ2) is 42.1. The molecule has 334 valence electrons. The van der Waals surface area contributed by atoms with Crippen LogP contribution in [0.25, 0.3) is 0 Å². The van der Waals surface area contributed by atoms with E-state index in [9.17, 15) is 24.2 Å². The third-order valence-corrected chi connectivity index (χ3v) is 11.5. The minimum Gasteiger partial charge on any atom is -0.462 e. The first kappa shape index (κ1) is 55.0. The Bertz CT molecular complexity index is 904. The SMILES string of the molecule is CCCCCCCCCCCCCCCCCCCCCCCCCC(=O)OC[C@@H](COP(=O)(O)OC[C@H](O)CO)OC(=O)CCCCCCCCCCCC. The lowest BCUT2D eigenvalue weighted by atomic mass is 10.0. The molecule has 11 heteroatoms. The predicted octanol–water partition coefficient (Wildman–Crippen LogP) is 12.6. The van der Waals surface area contributed by atoms with Crippen LogP contribution in [0.4, 0.5) is 0 Å². The molecular formula is C45H89O10P. The van der Waals surface area contributed by atoms with Gasteiger partial charge in [-0.2, -0.15) is 0 Å². The summed E-state index contributed by atoms with van der Waals surface area (Å²) < 4.78 is 32.7. The number of carbonyl (C=O) groups is 2. The monoisotopic (exact) mass is 821 g/mol. The predicted molar refractivity (Wildman–Crippen MR) is 229 cm³/mol. The van der Waals surface area contributed by atoms with E-state index < -0.39 is 51.8 Å². The molecule has 0 fully saturated rings. The first-order valence-electron chi connectivity index (χ1n) is 23.5. The smallest absolute Gasteiger partial charge is 0.462 e. The summed E-state index contributed by atoms with van der Waals surface area (Å²) in [5.74, 6) is -0.910. The van der Waals surface area contributed by atoms with Gasteiger partial charge in [-0.05, 0) is 12.8 Å². The van der Waals surface area contributed by atoms with Crippen molar-refractivity contribution in [2.45, 2.75) is 251 Å². The highest BCUT2D eigenvalue weighted by molar-refractivity contribution is 7.47. The Labute approximate surface area is 344 Å². The lowest BCUT2D eigenvalue weighted by molar-refractivity contribution is -0.161. The van der Waals surface area contributed by atoms with Gasteiger partial charge in [0.25, 0.3) is 0 Å². The first-order chi connectivity index (χ1) is 27.2. The summed E-state index contributed by atoms with van der Waals surface area (Å²) in [7, 11) is -4.61. The number of rotatable bonds is 45. The van der Waals surface area contributed by atoms with E-state index >= 15 is 0 Å². The van der Waals surface area contributed by atoms with Crippen molar-refractivity contribution in [3.05, 3.63) is 0 Å². The van der Waals surface area contributed by atoms with Gasteiger partial charge in [-0.3, -0.25) is 18.6 Å². The minimum atomic E-state index is -4.61. The number of ether oxygens (including phenoxy) is 2. The maximum Gasteiger partial charge on any atom is 0.472 e. The topological polar surface area (TPSA) is 149 Å². The number of hydrogen-bond donors (Lipinski definition) is 3. The summed E-state index contributed by atoms with van der Waals surface area (Å²) >= 11 is 0. The Hall–Kier alpha value is -1.03. The highest BCUT2D eigenvalue weighted by Gasteiger charge is 2.27. The lowest BCUT2D eigenvalue weighted by Gasteiger charge is -2.20. The van der Waals surface area contributed by atoms with Crippen LogP contribution in [0.1, 0.15) is 239 Å². The summed E-state index contributed by atoms with van der Waals surface area (Å²) in [5, 5.41) is 18.3. The molecule has 0 aliphatic heterocycles. The number of esters is 2. The van der Waals surface area contributed by atoms with Crippen LogP contribution in [0.2, 0.25) is 0 Å². The Kier molecular flexibility index (Phi) is 41.3. The second-order valence-corrected chi connectivity index (χ2v) is 17.6. The molecule has 0 heterocycles. The van der Waals surface area contributed by atoms with E-state index in [-0.39, 0.29) is 19.4 Å². The van der Waals surface area contributed by atoms with E-state index in [0.29, 0.717) is 12.8 Å². The number of hydrogen-bond acceptors (Lipinski definition) is 9. The Morgan fingerprint density at radius 1 is 0.464 bits per heavy atom. The first-order valence-corrected chi connectivity index (χ1v) is 25.0. The van der Waals surface area contributed by atoms with E-state index in [4.69, 9.17) is 19.1 Å². The van der Waals surface area contributed by atoms with Gasteiger partial charge in [-0.1, -0.05) is 213 Å². The molecule has 0 rings (SSSR count). The van der Waals surface area contributed by atoms with Crippen molar-refractivity contribution in [3.63, 3.8) is 0 Å². The molecule has 10 nitrogen and oxygen atoms in total. The summed E-state index contributed by atoms with van der Waals surface area (Å²) in [6.07, 6.45) is 39.5. The maximum atomic E-state index is 12.6. The molecule has 0 radical (unpaired) electrons. The zero-order valence-corrected chi connectivity index (χ0v) is 37.3. The highest BCUT2D eigenvalue weighted by atomic mass is 31.2. The van der Waals surface area contributed by atoms with Crippen molar-refractivity contribution in [3.8, 4) is 0 Å². The fourth-order valence-corrected chi connectivity index (χ4v) is 7.67. The van der Waals surface area contributed by atoms with Gasteiger partial charge in [-0.25, -0.2) is 4.57 Å². The van der Waals surface area contributed by atoms with Gasteiger partial charge in [0, 0.05) is 12.8 Å². The van der Waals surface area contributed by atoms with Gasteiger partial charge in [0.15, 0.2) is 6.10 Å². The Morgan fingerprint density at radius 2 is 0.768 bits per heavy atom. The van der Waals surface area contributed by atoms with Crippen LogP contribution in [-0.2, 0) is 32.7 Å². The molecule has 0 aromatic heterocycles. The average molecular weight is 821 g/mol.